The third kappa shape index (κ3) is 2.72. The summed E-state index contributed by atoms with van der Waals surface area (Å²) in [6, 6.07) is 4.88. The second-order valence-corrected chi connectivity index (χ2v) is 4.89. The molecule has 0 saturated heterocycles. The minimum atomic E-state index is -3.55. The van der Waals surface area contributed by atoms with E-state index in [1.807, 2.05) is 0 Å². The van der Waals surface area contributed by atoms with E-state index in [-0.39, 0.29) is 11.5 Å². The molecule has 2 N–H and O–H groups in total. The molecule has 0 saturated carbocycles. The van der Waals surface area contributed by atoms with Gasteiger partial charge in [-0.05, 0) is 42.5 Å². The predicted octanol–water partition coefficient (Wildman–Crippen LogP) is 2.78. The zero-order valence-electron chi connectivity index (χ0n) is 10.5. The maximum atomic E-state index is 12.9. The summed E-state index contributed by atoms with van der Waals surface area (Å²) >= 11 is 0. The summed E-state index contributed by atoms with van der Waals surface area (Å²) in [6.45, 7) is 4.76. The fraction of sp³-hybridized carbons (Fsp3) is 0.538. The molecule has 100 valence electrons. The molecule has 0 spiro atoms. The number of rotatable bonds is 4. The van der Waals surface area contributed by atoms with Gasteiger partial charge in [-0.3, -0.25) is 0 Å². The van der Waals surface area contributed by atoms with Gasteiger partial charge in [0, 0.05) is 0 Å². The Labute approximate surface area is 105 Å². The van der Waals surface area contributed by atoms with E-state index in [4.69, 9.17) is 5.73 Å². The lowest BCUT2D eigenvalue weighted by Crippen LogP contribution is -2.26. The van der Waals surface area contributed by atoms with Gasteiger partial charge in [-0.25, -0.2) is 0 Å². The largest absolute Gasteiger partial charge is 0.586 e. The first-order chi connectivity index (χ1) is 8.41. The van der Waals surface area contributed by atoms with E-state index in [1.165, 1.54) is 6.07 Å². The molecule has 1 aromatic carbocycles. The number of fused-ring (bicyclic) bond motifs is 1. The van der Waals surface area contributed by atoms with E-state index in [9.17, 15) is 8.78 Å². The second-order valence-electron chi connectivity index (χ2n) is 4.89. The van der Waals surface area contributed by atoms with E-state index in [0.29, 0.717) is 18.4 Å². The van der Waals surface area contributed by atoms with Crippen molar-refractivity contribution in [2.45, 2.75) is 26.6 Å². The van der Waals surface area contributed by atoms with Crippen molar-refractivity contribution in [3.05, 3.63) is 23.8 Å². The van der Waals surface area contributed by atoms with Crippen molar-refractivity contribution in [2.24, 2.45) is 17.6 Å². The van der Waals surface area contributed by atoms with Crippen LogP contribution in [0.15, 0.2) is 18.2 Å². The topological polar surface area (TPSA) is 44.5 Å². The first-order valence-electron chi connectivity index (χ1n) is 6.00. The SMILES string of the molecule is CC(C)C(CN)Cc1ccc2c(c1)OC(F)(F)O2. The van der Waals surface area contributed by atoms with Crippen LogP contribution in [-0.4, -0.2) is 12.8 Å². The number of ether oxygens (including phenoxy) is 2. The molecule has 0 radical (unpaired) electrons. The van der Waals surface area contributed by atoms with E-state index < -0.39 is 6.29 Å². The lowest BCUT2D eigenvalue weighted by molar-refractivity contribution is -0.286. The molecule has 1 aliphatic heterocycles. The Bertz CT molecular complexity index is 435. The molecule has 1 atom stereocenters. The smallest absolute Gasteiger partial charge is 0.395 e. The normalized spacial score (nSPS) is 18.1. The van der Waals surface area contributed by atoms with Gasteiger partial charge in [0.2, 0.25) is 0 Å². The predicted molar refractivity (Wildman–Crippen MR) is 63.7 cm³/mol. The van der Waals surface area contributed by atoms with E-state index in [1.54, 1.807) is 12.1 Å². The zero-order valence-corrected chi connectivity index (χ0v) is 10.5. The number of hydrogen-bond donors (Lipinski definition) is 1. The van der Waals surface area contributed by atoms with Crippen LogP contribution in [0.25, 0.3) is 0 Å². The summed E-state index contributed by atoms with van der Waals surface area (Å²) in [5, 5.41) is 0. The third-order valence-electron chi connectivity index (χ3n) is 3.21. The Hall–Kier alpha value is -1.36. The summed E-state index contributed by atoms with van der Waals surface area (Å²) in [5.41, 5.74) is 6.63. The summed E-state index contributed by atoms with van der Waals surface area (Å²) in [6.07, 6.45) is -2.80. The van der Waals surface area contributed by atoms with Crippen molar-refractivity contribution < 1.29 is 18.3 Å². The quantitative estimate of drug-likeness (QED) is 0.902. The Balaban J connectivity index is 2.14. The molecule has 1 heterocycles. The van der Waals surface area contributed by atoms with Crippen molar-refractivity contribution in [1.29, 1.82) is 0 Å². The highest BCUT2D eigenvalue weighted by atomic mass is 19.3. The van der Waals surface area contributed by atoms with Crippen LogP contribution in [0.5, 0.6) is 11.5 Å². The van der Waals surface area contributed by atoms with Crippen LogP contribution in [0, 0.1) is 11.8 Å². The number of hydrogen-bond acceptors (Lipinski definition) is 3. The molecule has 5 heteroatoms. The van der Waals surface area contributed by atoms with Gasteiger partial charge in [0.15, 0.2) is 11.5 Å². The van der Waals surface area contributed by atoms with Crippen molar-refractivity contribution in [3.8, 4) is 11.5 Å². The Morgan fingerprint density at radius 2 is 1.89 bits per heavy atom. The molecule has 18 heavy (non-hydrogen) atoms. The minimum Gasteiger partial charge on any atom is -0.395 e. The number of benzene rings is 1. The number of halogens is 2. The van der Waals surface area contributed by atoms with E-state index in [0.717, 1.165) is 12.0 Å². The highest BCUT2D eigenvalue weighted by Crippen LogP contribution is 2.41. The second kappa shape index (κ2) is 4.72. The van der Waals surface area contributed by atoms with Crippen LogP contribution in [0.4, 0.5) is 8.78 Å². The van der Waals surface area contributed by atoms with Crippen molar-refractivity contribution in [2.75, 3.05) is 6.54 Å². The molecule has 2 rings (SSSR count). The third-order valence-corrected chi connectivity index (χ3v) is 3.21. The maximum absolute atomic E-state index is 12.9. The monoisotopic (exact) mass is 257 g/mol. The fourth-order valence-electron chi connectivity index (χ4n) is 2.01. The van der Waals surface area contributed by atoms with Crippen molar-refractivity contribution in [3.63, 3.8) is 0 Å². The Morgan fingerprint density at radius 1 is 1.22 bits per heavy atom. The van der Waals surface area contributed by atoms with E-state index in [2.05, 4.69) is 23.3 Å². The van der Waals surface area contributed by atoms with Crippen LogP contribution in [-0.2, 0) is 6.42 Å². The summed E-state index contributed by atoms with van der Waals surface area (Å²) in [5.74, 6) is 0.947. The van der Waals surface area contributed by atoms with Crippen LogP contribution in [0.2, 0.25) is 0 Å². The van der Waals surface area contributed by atoms with Crippen molar-refractivity contribution in [1.82, 2.24) is 0 Å². The average molecular weight is 257 g/mol. The van der Waals surface area contributed by atoms with Crippen LogP contribution < -0.4 is 15.2 Å². The van der Waals surface area contributed by atoms with Gasteiger partial charge in [0.05, 0.1) is 0 Å². The summed E-state index contributed by atoms with van der Waals surface area (Å²) in [4.78, 5) is 0. The standard InChI is InChI=1S/C13H17F2NO2/c1-8(2)10(7-16)5-9-3-4-11-12(6-9)18-13(14,15)17-11/h3-4,6,8,10H,5,7,16H2,1-2H3. The lowest BCUT2D eigenvalue weighted by Gasteiger charge is -2.18. The molecule has 1 aliphatic rings. The minimum absolute atomic E-state index is 0.0811. The molecule has 1 aromatic rings. The van der Waals surface area contributed by atoms with Gasteiger partial charge in [0.1, 0.15) is 0 Å². The zero-order chi connectivity index (χ0) is 13.3. The van der Waals surface area contributed by atoms with E-state index >= 15 is 0 Å². The number of alkyl halides is 2. The first kappa shape index (κ1) is 13.1. The molecule has 3 nitrogen and oxygen atoms in total. The molecular weight excluding hydrogens is 240 g/mol. The van der Waals surface area contributed by atoms with Gasteiger partial charge in [-0.1, -0.05) is 19.9 Å². The fourth-order valence-corrected chi connectivity index (χ4v) is 2.01. The highest BCUT2D eigenvalue weighted by molar-refractivity contribution is 5.45. The molecule has 0 aromatic heterocycles. The maximum Gasteiger partial charge on any atom is 0.586 e. The molecule has 0 fully saturated rings. The van der Waals surface area contributed by atoms with Gasteiger partial charge in [0.25, 0.3) is 0 Å². The Kier molecular flexibility index (Phi) is 3.43. The molecule has 0 bridgehead atoms. The van der Waals surface area contributed by atoms with Crippen molar-refractivity contribution >= 4 is 0 Å². The average Bonchev–Trinajstić information content (AvgIpc) is 2.58. The summed E-state index contributed by atoms with van der Waals surface area (Å²) in [7, 11) is 0. The summed E-state index contributed by atoms with van der Waals surface area (Å²) < 4.78 is 34.5. The lowest BCUT2D eigenvalue weighted by atomic mass is 9.89. The number of nitrogens with two attached hydrogens (primary N) is 1. The van der Waals surface area contributed by atoms with Crippen LogP contribution in [0.1, 0.15) is 19.4 Å². The Morgan fingerprint density at radius 3 is 2.50 bits per heavy atom. The van der Waals surface area contributed by atoms with Gasteiger partial charge >= 0.3 is 6.29 Å². The van der Waals surface area contributed by atoms with Gasteiger partial charge < -0.3 is 15.2 Å². The molecular formula is C13H17F2NO2. The van der Waals surface area contributed by atoms with Gasteiger partial charge in [-0.2, -0.15) is 0 Å². The van der Waals surface area contributed by atoms with Crippen LogP contribution in [0.3, 0.4) is 0 Å². The molecule has 0 aliphatic carbocycles. The molecule has 1 unspecified atom stereocenters. The van der Waals surface area contributed by atoms with Crippen LogP contribution >= 0.6 is 0 Å². The first-order valence-corrected chi connectivity index (χ1v) is 6.00. The molecule has 0 amide bonds. The highest BCUT2D eigenvalue weighted by Gasteiger charge is 2.43. The van der Waals surface area contributed by atoms with Gasteiger partial charge in [-0.15, -0.1) is 8.78 Å².